The zero-order valence-electron chi connectivity index (χ0n) is 11.0. The van der Waals surface area contributed by atoms with Crippen LogP contribution in [-0.2, 0) is 0 Å². The Labute approximate surface area is 133 Å². The van der Waals surface area contributed by atoms with Gasteiger partial charge in [-0.2, -0.15) is 0 Å². The molecule has 0 aliphatic rings. The summed E-state index contributed by atoms with van der Waals surface area (Å²) in [6, 6.07) is 13.5. The van der Waals surface area contributed by atoms with Crippen LogP contribution in [0.4, 0.5) is 0 Å². The normalized spacial score (nSPS) is 12.2. The smallest absolute Gasteiger partial charge is 0.118 e. The minimum atomic E-state index is 0.165. The molecule has 20 heavy (non-hydrogen) atoms. The minimum Gasteiger partial charge on any atom is -0.497 e. The molecule has 1 unspecified atom stereocenters. The average Bonchev–Trinajstić information content (AvgIpc) is 2.48. The standard InChI is InChI=1S/C15H15Cl2NOS/c1-19-11-4-2-10(3-5-11)15(9-18)20-12-6-7-13(16)14(17)8-12/h2-8,15H,9,18H2,1H3. The van der Waals surface area contributed by atoms with E-state index >= 15 is 0 Å². The molecule has 0 radical (unpaired) electrons. The zero-order chi connectivity index (χ0) is 14.5. The lowest BCUT2D eigenvalue weighted by Crippen LogP contribution is -2.09. The lowest BCUT2D eigenvalue weighted by molar-refractivity contribution is 0.414. The van der Waals surface area contributed by atoms with Crippen LogP contribution in [0.25, 0.3) is 0 Å². The van der Waals surface area contributed by atoms with Gasteiger partial charge in [0.25, 0.3) is 0 Å². The van der Waals surface area contributed by atoms with Gasteiger partial charge in [0.1, 0.15) is 5.75 Å². The molecule has 0 aliphatic carbocycles. The lowest BCUT2D eigenvalue weighted by atomic mass is 10.1. The van der Waals surface area contributed by atoms with Gasteiger partial charge in [-0.25, -0.2) is 0 Å². The van der Waals surface area contributed by atoms with Crippen LogP contribution in [0, 0.1) is 0 Å². The highest BCUT2D eigenvalue weighted by atomic mass is 35.5. The number of methoxy groups -OCH3 is 1. The highest BCUT2D eigenvalue weighted by Crippen LogP contribution is 2.37. The van der Waals surface area contributed by atoms with Gasteiger partial charge in [0.15, 0.2) is 0 Å². The van der Waals surface area contributed by atoms with Gasteiger partial charge in [0.2, 0.25) is 0 Å². The molecule has 0 aliphatic heterocycles. The van der Waals surface area contributed by atoms with Crippen molar-refractivity contribution < 1.29 is 4.74 Å². The summed E-state index contributed by atoms with van der Waals surface area (Å²) in [6.07, 6.45) is 0. The fourth-order valence-electron chi connectivity index (χ4n) is 1.79. The van der Waals surface area contributed by atoms with Crippen molar-refractivity contribution in [3.05, 3.63) is 58.1 Å². The third kappa shape index (κ3) is 3.83. The van der Waals surface area contributed by atoms with Crippen LogP contribution in [0.15, 0.2) is 47.4 Å². The molecule has 2 nitrogen and oxygen atoms in total. The van der Waals surface area contributed by atoms with Crippen LogP contribution in [0.5, 0.6) is 5.75 Å². The van der Waals surface area contributed by atoms with E-state index in [1.807, 2.05) is 36.4 Å². The van der Waals surface area contributed by atoms with Crippen LogP contribution in [0.3, 0.4) is 0 Å². The topological polar surface area (TPSA) is 35.2 Å². The van der Waals surface area contributed by atoms with Crippen LogP contribution in [0.1, 0.15) is 10.8 Å². The Kier molecular flexibility index (Phi) is 5.61. The molecule has 2 rings (SSSR count). The highest BCUT2D eigenvalue weighted by Gasteiger charge is 2.12. The van der Waals surface area contributed by atoms with E-state index in [1.54, 1.807) is 24.9 Å². The first kappa shape index (κ1) is 15.5. The second kappa shape index (κ2) is 7.23. The van der Waals surface area contributed by atoms with E-state index in [0.717, 1.165) is 16.2 Å². The number of hydrogen-bond donors (Lipinski definition) is 1. The summed E-state index contributed by atoms with van der Waals surface area (Å²) in [6.45, 7) is 0.539. The Morgan fingerprint density at radius 2 is 1.80 bits per heavy atom. The SMILES string of the molecule is COc1ccc(C(CN)Sc2ccc(Cl)c(Cl)c2)cc1. The molecule has 0 saturated carbocycles. The first-order valence-electron chi connectivity index (χ1n) is 6.09. The van der Waals surface area contributed by atoms with Gasteiger partial charge in [0.05, 0.1) is 17.2 Å². The van der Waals surface area contributed by atoms with Crippen molar-refractivity contribution in [2.45, 2.75) is 10.1 Å². The zero-order valence-corrected chi connectivity index (χ0v) is 13.3. The van der Waals surface area contributed by atoms with Gasteiger partial charge in [0, 0.05) is 16.7 Å². The summed E-state index contributed by atoms with van der Waals surface area (Å²) in [5.41, 5.74) is 7.04. The first-order chi connectivity index (χ1) is 9.63. The molecule has 0 amide bonds. The molecular weight excluding hydrogens is 313 g/mol. The van der Waals surface area contributed by atoms with Crippen LogP contribution in [-0.4, -0.2) is 13.7 Å². The maximum Gasteiger partial charge on any atom is 0.118 e. The third-order valence-corrected chi connectivity index (χ3v) is 4.89. The quantitative estimate of drug-likeness (QED) is 0.801. The molecule has 2 N–H and O–H groups in total. The fourth-order valence-corrected chi connectivity index (χ4v) is 3.20. The number of ether oxygens (including phenoxy) is 1. The molecular formula is C15H15Cl2NOS. The van der Waals surface area contributed by atoms with E-state index in [0.29, 0.717) is 16.6 Å². The van der Waals surface area contributed by atoms with Gasteiger partial charge >= 0.3 is 0 Å². The van der Waals surface area contributed by atoms with E-state index in [1.165, 1.54) is 0 Å². The van der Waals surface area contributed by atoms with E-state index in [9.17, 15) is 0 Å². The van der Waals surface area contributed by atoms with Gasteiger partial charge in [-0.15, -0.1) is 11.8 Å². The van der Waals surface area contributed by atoms with Crippen molar-refractivity contribution in [2.75, 3.05) is 13.7 Å². The second-order valence-corrected chi connectivity index (χ2v) is 6.28. The Bertz CT molecular complexity index is 575. The Morgan fingerprint density at radius 1 is 1.10 bits per heavy atom. The molecule has 0 aromatic heterocycles. The average molecular weight is 328 g/mol. The first-order valence-corrected chi connectivity index (χ1v) is 7.73. The van der Waals surface area contributed by atoms with Crippen LogP contribution >= 0.6 is 35.0 Å². The summed E-state index contributed by atoms with van der Waals surface area (Å²) in [7, 11) is 1.65. The summed E-state index contributed by atoms with van der Waals surface area (Å²) < 4.78 is 5.16. The summed E-state index contributed by atoms with van der Waals surface area (Å²) in [5, 5.41) is 1.28. The maximum absolute atomic E-state index is 6.03. The molecule has 0 spiro atoms. The van der Waals surface area contributed by atoms with Gasteiger partial charge in [-0.05, 0) is 35.9 Å². The van der Waals surface area contributed by atoms with Crippen molar-refractivity contribution in [1.29, 1.82) is 0 Å². The largest absolute Gasteiger partial charge is 0.497 e. The number of halogens is 2. The van der Waals surface area contributed by atoms with Crippen molar-refractivity contribution in [2.24, 2.45) is 5.73 Å². The van der Waals surface area contributed by atoms with Gasteiger partial charge in [-0.3, -0.25) is 0 Å². The van der Waals surface area contributed by atoms with Crippen molar-refractivity contribution in [3.8, 4) is 5.75 Å². The predicted octanol–water partition coefficient (Wildman–Crippen LogP) is 4.79. The Morgan fingerprint density at radius 3 is 2.35 bits per heavy atom. The highest BCUT2D eigenvalue weighted by molar-refractivity contribution is 7.99. The Hall–Kier alpha value is -0.870. The third-order valence-electron chi connectivity index (χ3n) is 2.87. The van der Waals surface area contributed by atoms with E-state index in [2.05, 4.69) is 0 Å². The summed E-state index contributed by atoms with van der Waals surface area (Å²) in [5.74, 6) is 0.837. The summed E-state index contributed by atoms with van der Waals surface area (Å²) in [4.78, 5) is 1.05. The van der Waals surface area contributed by atoms with Crippen molar-refractivity contribution >= 4 is 35.0 Å². The molecule has 0 heterocycles. The van der Waals surface area contributed by atoms with Crippen LogP contribution < -0.4 is 10.5 Å². The number of benzene rings is 2. The molecule has 5 heteroatoms. The predicted molar refractivity (Wildman–Crippen MR) is 87.1 cm³/mol. The van der Waals surface area contributed by atoms with Crippen molar-refractivity contribution in [3.63, 3.8) is 0 Å². The van der Waals surface area contributed by atoms with E-state index in [-0.39, 0.29) is 5.25 Å². The molecule has 0 bridgehead atoms. The second-order valence-electron chi connectivity index (χ2n) is 4.19. The van der Waals surface area contributed by atoms with Gasteiger partial charge < -0.3 is 10.5 Å². The number of rotatable bonds is 5. The van der Waals surface area contributed by atoms with E-state index < -0.39 is 0 Å². The maximum atomic E-state index is 6.03. The molecule has 2 aromatic rings. The molecule has 1 atom stereocenters. The molecule has 0 fully saturated rings. The lowest BCUT2D eigenvalue weighted by Gasteiger charge is -2.15. The van der Waals surface area contributed by atoms with Crippen molar-refractivity contribution in [1.82, 2.24) is 0 Å². The van der Waals surface area contributed by atoms with E-state index in [4.69, 9.17) is 33.7 Å². The fraction of sp³-hybridized carbons (Fsp3) is 0.200. The number of hydrogen-bond acceptors (Lipinski definition) is 3. The van der Waals surface area contributed by atoms with Gasteiger partial charge in [-0.1, -0.05) is 35.3 Å². The minimum absolute atomic E-state index is 0.165. The number of nitrogens with two attached hydrogens (primary N) is 1. The molecule has 0 saturated heterocycles. The molecule has 106 valence electrons. The summed E-state index contributed by atoms with van der Waals surface area (Å²) >= 11 is 13.6. The van der Waals surface area contributed by atoms with Crippen LogP contribution in [0.2, 0.25) is 10.0 Å². The monoisotopic (exact) mass is 327 g/mol. The Balaban J connectivity index is 2.16. The molecule has 2 aromatic carbocycles. The number of thioether (sulfide) groups is 1.